The summed E-state index contributed by atoms with van der Waals surface area (Å²) >= 11 is 0. The van der Waals surface area contributed by atoms with E-state index in [-0.39, 0.29) is 34.8 Å². The van der Waals surface area contributed by atoms with Crippen LogP contribution in [0.2, 0.25) is 0 Å². The molecule has 5 rings (SSSR count). The van der Waals surface area contributed by atoms with Gasteiger partial charge in [-0.2, -0.15) is 0 Å². The predicted molar refractivity (Wildman–Crippen MR) is 186 cm³/mol. The van der Waals surface area contributed by atoms with Gasteiger partial charge in [-0.15, -0.1) is 0 Å². The number of aromatic hydroxyl groups is 4. The van der Waals surface area contributed by atoms with Gasteiger partial charge in [0.15, 0.2) is 46.0 Å². The lowest BCUT2D eigenvalue weighted by atomic mass is 9.80. The molecule has 0 fully saturated rings. The third kappa shape index (κ3) is 6.26. The third-order valence-electron chi connectivity index (χ3n) is 8.97. The van der Waals surface area contributed by atoms with E-state index in [4.69, 9.17) is 18.9 Å². The van der Waals surface area contributed by atoms with Crippen LogP contribution in [-0.2, 0) is 0 Å². The molecule has 0 bridgehead atoms. The molecular weight excluding hydrogens is 608 g/mol. The van der Waals surface area contributed by atoms with Crippen LogP contribution in [0.1, 0.15) is 67.5 Å². The Bertz CT molecular complexity index is 1700. The molecule has 0 heterocycles. The lowest BCUT2D eigenvalue weighted by Crippen LogP contribution is -2.08. The summed E-state index contributed by atoms with van der Waals surface area (Å²) in [4.78, 5) is 0. The highest BCUT2D eigenvalue weighted by Gasteiger charge is 2.26. The summed E-state index contributed by atoms with van der Waals surface area (Å²) in [6.07, 6.45) is 0. The molecule has 5 aromatic carbocycles. The van der Waals surface area contributed by atoms with E-state index in [2.05, 4.69) is 24.3 Å². The summed E-state index contributed by atoms with van der Waals surface area (Å²) in [6.45, 7) is 7.32. The molecule has 0 amide bonds. The Morgan fingerprint density at radius 1 is 0.354 bits per heavy atom. The molecule has 0 saturated heterocycles. The fourth-order valence-electron chi connectivity index (χ4n) is 6.42. The first-order chi connectivity index (χ1) is 22.9. The maximum atomic E-state index is 10.6. The Labute approximate surface area is 281 Å². The first-order valence-corrected chi connectivity index (χ1v) is 15.5. The smallest absolute Gasteiger partial charge is 0.161 e. The maximum Gasteiger partial charge on any atom is 0.161 e. The Morgan fingerprint density at radius 2 is 0.562 bits per heavy atom. The largest absolute Gasteiger partial charge is 0.504 e. The van der Waals surface area contributed by atoms with E-state index in [9.17, 15) is 20.4 Å². The van der Waals surface area contributed by atoms with Crippen molar-refractivity contribution in [2.45, 2.75) is 39.5 Å². The third-order valence-corrected chi connectivity index (χ3v) is 8.97. The Hall–Kier alpha value is -5.50. The second-order valence-electron chi connectivity index (χ2n) is 12.1. The number of phenols is 4. The van der Waals surface area contributed by atoms with E-state index in [0.29, 0.717) is 45.3 Å². The lowest BCUT2D eigenvalue weighted by molar-refractivity contribution is 0.370. The zero-order valence-corrected chi connectivity index (χ0v) is 28.5. The van der Waals surface area contributed by atoms with Crippen molar-refractivity contribution in [3.8, 4) is 46.0 Å². The van der Waals surface area contributed by atoms with E-state index < -0.39 is 0 Å². The molecule has 0 aromatic heterocycles. The molecule has 5 aromatic rings. The summed E-state index contributed by atoms with van der Waals surface area (Å²) in [5, 5.41) is 42.6. The van der Waals surface area contributed by atoms with E-state index in [1.807, 2.05) is 76.2 Å². The van der Waals surface area contributed by atoms with Gasteiger partial charge >= 0.3 is 0 Å². The number of hydrogen-bond donors (Lipinski definition) is 4. The number of rotatable bonds is 10. The van der Waals surface area contributed by atoms with Crippen LogP contribution in [0, 0.1) is 27.7 Å². The molecule has 8 heteroatoms. The molecule has 0 atom stereocenters. The number of methoxy groups -OCH3 is 4. The lowest BCUT2D eigenvalue weighted by Gasteiger charge is -2.25. The summed E-state index contributed by atoms with van der Waals surface area (Å²) in [7, 11) is 6.10. The minimum Gasteiger partial charge on any atom is -0.504 e. The molecule has 0 aliphatic rings. The molecule has 4 N–H and O–H groups in total. The van der Waals surface area contributed by atoms with Crippen LogP contribution in [0.4, 0.5) is 0 Å². The topological polar surface area (TPSA) is 118 Å². The minimum atomic E-state index is -0.314. The van der Waals surface area contributed by atoms with Gasteiger partial charge < -0.3 is 39.4 Å². The fraction of sp³-hybridized carbons (Fsp3) is 0.250. The van der Waals surface area contributed by atoms with Crippen LogP contribution < -0.4 is 18.9 Å². The summed E-state index contributed by atoms with van der Waals surface area (Å²) in [6, 6.07) is 23.3. The molecule has 0 saturated carbocycles. The van der Waals surface area contributed by atoms with Crippen molar-refractivity contribution in [2.75, 3.05) is 28.4 Å². The first-order valence-electron chi connectivity index (χ1n) is 15.5. The Kier molecular flexibility index (Phi) is 9.66. The van der Waals surface area contributed by atoms with Crippen molar-refractivity contribution in [3.63, 3.8) is 0 Å². The van der Waals surface area contributed by atoms with Gasteiger partial charge in [0.2, 0.25) is 0 Å². The van der Waals surface area contributed by atoms with Crippen molar-refractivity contribution in [1.29, 1.82) is 0 Å². The highest BCUT2D eigenvalue weighted by atomic mass is 16.5. The van der Waals surface area contributed by atoms with Gasteiger partial charge in [0.1, 0.15) is 0 Å². The van der Waals surface area contributed by atoms with Crippen molar-refractivity contribution >= 4 is 0 Å². The van der Waals surface area contributed by atoms with Gasteiger partial charge in [-0.3, -0.25) is 0 Å². The van der Waals surface area contributed by atoms with E-state index >= 15 is 0 Å². The van der Waals surface area contributed by atoms with E-state index in [0.717, 1.165) is 33.4 Å². The van der Waals surface area contributed by atoms with Gasteiger partial charge in [0.05, 0.1) is 28.4 Å². The molecule has 0 spiro atoms. The van der Waals surface area contributed by atoms with Crippen molar-refractivity contribution in [1.82, 2.24) is 0 Å². The Morgan fingerprint density at radius 3 is 0.750 bits per heavy atom. The normalized spacial score (nSPS) is 11.2. The number of phenolic OH excluding ortho intramolecular Hbond substituents is 4. The standard InChI is InChI=1S/C40H42O8/c1-21-13-27(17-31(45-5)37(21)41)35(28-14-22(2)38(42)32(18-28)46-6)25-9-11-26(12-10-25)36(29-15-23(3)39(43)33(19-29)47-7)30-16-24(4)40(44)34(20-30)48-8/h9-20,35-36,41-44H,1-8H3. The van der Waals surface area contributed by atoms with Crippen molar-refractivity contribution < 1.29 is 39.4 Å². The van der Waals surface area contributed by atoms with Crippen LogP contribution >= 0.6 is 0 Å². The molecule has 0 aliphatic carbocycles. The SMILES string of the molecule is COc1cc(C(c2ccc(C(c3cc(C)c(O)c(OC)c3)c3cc(C)c(O)c(OC)c3)cc2)c2cc(C)c(O)c(OC)c2)cc(C)c1O. The van der Waals surface area contributed by atoms with Crippen LogP contribution in [0.5, 0.6) is 46.0 Å². The Balaban J connectivity index is 1.73. The number of aryl methyl sites for hydroxylation is 4. The summed E-state index contributed by atoms with van der Waals surface area (Å²) in [5.41, 5.74) is 8.12. The van der Waals surface area contributed by atoms with Gasteiger partial charge in [0.25, 0.3) is 0 Å². The second kappa shape index (κ2) is 13.7. The molecule has 0 unspecified atom stereocenters. The van der Waals surface area contributed by atoms with Crippen molar-refractivity contribution in [2.24, 2.45) is 0 Å². The molecule has 8 nitrogen and oxygen atoms in total. The number of hydrogen-bond acceptors (Lipinski definition) is 8. The summed E-state index contributed by atoms with van der Waals surface area (Å²) < 4.78 is 22.1. The van der Waals surface area contributed by atoms with Crippen LogP contribution in [0.3, 0.4) is 0 Å². The average Bonchev–Trinajstić information content (AvgIpc) is 3.07. The zero-order valence-electron chi connectivity index (χ0n) is 28.5. The molecule has 0 aliphatic heterocycles. The molecular formula is C40H42O8. The van der Waals surface area contributed by atoms with Gasteiger partial charge in [-0.25, -0.2) is 0 Å². The number of benzene rings is 5. The van der Waals surface area contributed by atoms with Gasteiger partial charge in [-0.05, 0) is 108 Å². The van der Waals surface area contributed by atoms with Gasteiger partial charge in [-0.1, -0.05) is 48.5 Å². The van der Waals surface area contributed by atoms with Crippen molar-refractivity contribution in [3.05, 3.63) is 128 Å². The fourth-order valence-corrected chi connectivity index (χ4v) is 6.42. The maximum absolute atomic E-state index is 10.6. The highest BCUT2D eigenvalue weighted by Crippen LogP contribution is 2.45. The average molecular weight is 651 g/mol. The van der Waals surface area contributed by atoms with E-state index in [1.165, 1.54) is 28.4 Å². The minimum absolute atomic E-state index is 0.0805. The van der Waals surface area contributed by atoms with Crippen LogP contribution in [0.25, 0.3) is 0 Å². The molecule has 0 radical (unpaired) electrons. The molecule has 250 valence electrons. The predicted octanol–water partition coefficient (Wildman–Crippen LogP) is 8.14. The quantitative estimate of drug-likeness (QED) is 0.112. The van der Waals surface area contributed by atoms with Gasteiger partial charge in [0, 0.05) is 11.8 Å². The monoisotopic (exact) mass is 650 g/mol. The molecule has 48 heavy (non-hydrogen) atoms. The highest BCUT2D eigenvalue weighted by molar-refractivity contribution is 5.59. The van der Waals surface area contributed by atoms with Crippen LogP contribution in [0.15, 0.2) is 72.8 Å². The number of ether oxygens (including phenoxy) is 4. The first kappa shape index (κ1) is 33.9. The van der Waals surface area contributed by atoms with E-state index in [1.54, 1.807) is 0 Å². The second-order valence-corrected chi connectivity index (χ2v) is 12.1. The zero-order chi connectivity index (χ0) is 34.9. The van der Waals surface area contributed by atoms with Crippen LogP contribution in [-0.4, -0.2) is 48.9 Å². The summed E-state index contributed by atoms with van der Waals surface area (Å²) in [5.74, 6) is 1.15.